The van der Waals surface area contributed by atoms with E-state index in [1.165, 1.54) is 0 Å². The molecule has 0 aromatic heterocycles. The van der Waals surface area contributed by atoms with Crippen LogP contribution in [0.5, 0.6) is 0 Å². The Balaban J connectivity index is 2.78. The second-order valence-electron chi connectivity index (χ2n) is 13.1. The van der Waals surface area contributed by atoms with Crippen molar-refractivity contribution in [1.29, 1.82) is 0 Å². The Kier molecular flexibility index (Phi) is 11.2. The minimum Gasteiger partial charge on any atom is -0.458 e. The van der Waals surface area contributed by atoms with Crippen molar-refractivity contribution in [2.75, 3.05) is 6.54 Å². The monoisotopic (exact) mass is 584 g/mol. The van der Waals surface area contributed by atoms with E-state index in [-0.39, 0.29) is 18.9 Å². The van der Waals surface area contributed by atoms with Gasteiger partial charge in [0, 0.05) is 6.54 Å². The molecular formula is C31H48N4O5Si. The van der Waals surface area contributed by atoms with Gasteiger partial charge in [-0.25, -0.2) is 9.59 Å². The fourth-order valence-corrected chi connectivity index (χ4v) is 9.36. The Morgan fingerprint density at radius 3 is 1.66 bits per heavy atom. The first-order valence-electron chi connectivity index (χ1n) is 13.9. The van der Waals surface area contributed by atoms with E-state index in [0.717, 1.165) is 10.4 Å². The summed E-state index contributed by atoms with van der Waals surface area (Å²) >= 11 is 0. The number of hydrogen-bond donors (Lipinski definition) is 3. The van der Waals surface area contributed by atoms with Gasteiger partial charge >= 0.3 is 12.1 Å². The molecule has 0 unspecified atom stereocenters. The van der Waals surface area contributed by atoms with Gasteiger partial charge in [-0.05, 0) is 63.4 Å². The van der Waals surface area contributed by atoms with E-state index in [4.69, 9.17) is 25.4 Å². The van der Waals surface area contributed by atoms with Gasteiger partial charge in [0.1, 0.15) is 11.2 Å². The zero-order valence-corrected chi connectivity index (χ0v) is 27.0. The molecule has 0 heterocycles. The third kappa shape index (κ3) is 9.89. The molecule has 2 rings (SSSR count). The maximum Gasteiger partial charge on any atom is 0.408 e. The molecule has 0 spiro atoms. The number of alkyl carbamates (subject to hydrolysis) is 1. The second-order valence-corrected chi connectivity index (χ2v) is 17.3. The number of rotatable bonds is 10. The SMILES string of the molecule is CC(C)(C)OC(=O)N[C@H](C(=O)OC(C)(C)C)[C@@H](CCN=C(N)N)O[Si](c1ccccc1)(c1ccccc1)C(C)(C)C. The summed E-state index contributed by atoms with van der Waals surface area (Å²) < 4.78 is 18.6. The van der Waals surface area contributed by atoms with Crippen molar-refractivity contribution in [3.05, 3.63) is 60.7 Å². The summed E-state index contributed by atoms with van der Waals surface area (Å²) in [7, 11) is -3.17. The normalized spacial score (nSPS) is 14.0. The fourth-order valence-electron chi connectivity index (χ4n) is 4.64. The summed E-state index contributed by atoms with van der Waals surface area (Å²) in [6, 6.07) is 18.9. The second kappa shape index (κ2) is 13.5. The van der Waals surface area contributed by atoms with Crippen molar-refractivity contribution < 1.29 is 23.5 Å². The van der Waals surface area contributed by atoms with Crippen LogP contribution in [0.3, 0.4) is 0 Å². The Bertz CT molecular complexity index is 1130. The molecule has 41 heavy (non-hydrogen) atoms. The minimum absolute atomic E-state index is 0.0804. The van der Waals surface area contributed by atoms with Gasteiger partial charge in [-0.15, -0.1) is 0 Å². The molecule has 1 amide bonds. The highest BCUT2D eigenvalue weighted by Crippen LogP contribution is 2.38. The van der Waals surface area contributed by atoms with E-state index in [9.17, 15) is 9.59 Å². The first-order valence-corrected chi connectivity index (χ1v) is 15.8. The molecule has 0 aliphatic rings. The average molecular weight is 585 g/mol. The smallest absolute Gasteiger partial charge is 0.408 e. The number of aliphatic imine (C=N–C) groups is 1. The number of carbonyl (C=O) groups is 2. The van der Waals surface area contributed by atoms with Gasteiger partial charge in [-0.1, -0.05) is 81.4 Å². The number of amides is 1. The Labute approximate surface area is 246 Å². The van der Waals surface area contributed by atoms with Crippen molar-refractivity contribution in [3.8, 4) is 0 Å². The summed E-state index contributed by atoms with van der Waals surface area (Å²) in [5.41, 5.74) is 9.69. The number of hydrogen-bond acceptors (Lipinski definition) is 6. The topological polar surface area (TPSA) is 138 Å². The average Bonchev–Trinajstić information content (AvgIpc) is 2.83. The molecule has 2 aromatic carbocycles. The Morgan fingerprint density at radius 2 is 1.27 bits per heavy atom. The number of ether oxygens (including phenoxy) is 2. The van der Waals surface area contributed by atoms with E-state index >= 15 is 0 Å². The van der Waals surface area contributed by atoms with E-state index in [0.29, 0.717) is 0 Å². The zero-order valence-electron chi connectivity index (χ0n) is 26.0. The number of nitrogens with one attached hydrogen (secondary N) is 1. The van der Waals surface area contributed by atoms with E-state index in [1.54, 1.807) is 41.5 Å². The standard InChI is InChI=1S/C31H48N4O5Si/c1-29(2,3)38-26(36)25(35-28(37)39-30(4,5)6)24(20-21-34-27(32)33)40-41(31(7,8)9,22-16-12-10-13-17-22)23-18-14-11-15-19-23/h10-19,24-25H,20-21H2,1-9H3,(H,35,37)(H4,32,33,34)/t24-,25+/m1/s1. The van der Waals surface area contributed by atoms with E-state index in [2.05, 4.69) is 55.3 Å². The van der Waals surface area contributed by atoms with Crippen LogP contribution in [-0.2, 0) is 18.7 Å². The largest absolute Gasteiger partial charge is 0.458 e. The van der Waals surface area contributed by atoms with Crippen molar-refractivity contribution in [2.24, 2.45) is 16.5 Å². The third-order valence-corrected chi connectivity index (χ3v) is 11.2. The first kappa shape index (κ1) is 33.8. The molecule has 2 atom stereocenters. The van der Waals surface area contributed by atoms with Gasteiger partial charge in [-0.2, -0.15) is 0 Å². The van der Waals surface area contributed by atoms with E-state index < -0.39 is 48.8 Å². The number of carbonyl (C=O) groups excluding carboxylic acids is 2. The van der Waals surface area contributed by atoms with Crippen LogP contribution in [0, 0.1) is 0 Å². The van der Waals surface area contributed by atoms with Gasteiger partial charge in [0.25, 0.3) is 8.32 Å². The van der Waals surface area contributed by atoms with Crippen molar-refractivity contribution in [3.63, 3.8) is 0 Å². The molecule has 10 heteroatoms. The highest BCUT2D eigenvalue weighted by atomic mass is 28.4. The lowest BCUT2D eigenvalue weighted by atomic mass is 10.1. The maximum atomic E-state index is 13.8. The van der Waals surface area contributed by atoms with Crippen molar-refractivity contribution >= 4 is 36.7 Å². The van der Waals surface area contributed by atoms with Crippen LogP contribution in [-0.4, -0.2) is 56.2 Å². The molecule has 0 fully saturated rings. The number of benzene rings is 2. The molecule has 5 N–H and O–H groups in total. The predicted molar refractivity (Wildman–Crippen MR) is 167 cm³/mol. The molecular weight excluding hydrogens is 536 g/mol. The molecule has 0 bridgehead atoms. The molecule has 226 valence electrons. The molecule has 0 saturated carbocycles. The lowest BCUT2D eigenvalue weighted by molar-refractivity contribution is -0.160. The quantitative estimate of drug-likeness (QED) is 0.167. The van der Waals surface area contributed by atoms with Crippen molar-refractivity contribution in [2.45, 2.75) is 97.1 Å². The third-order valence-electron chi connectivity index (χ3n) is 6.16. The molecule has 2 aromatic rings. The zero-order chi connectivity index (χ0) is 31.1. The molecule has 0 saturated heterocycles. The van der Waals surface area contributed by atoms with Crippen LogP contribution in [0.4, 0.5) is 4.79 Å². The maximum absolute atomic E-state index is 13.8. The first-order chi connectivity index (χ1) is 18.9. The number of nitrogens with zero attached hydrogens (tertiary/aromatic N) is 1. The molecule has 0 aliphatic carbocycles. The van der Waals surface area contributed by atoms with Gasteiger partial charge in [-0.3, -0.25) is 4.99 Å². The van der Waals surface area contributed by atoms with E-state index in [1.807, 2.05) is 36.4 Å². The summed E-state index contributed by atoms with van der Waals surface area (Å²) in [5, 5.41) is 4.41. The van der Waals surface area contributed by atoms with Gasteiger partial charge in [0.2, 0.25) is 0 Å². The summed E-state index contributed by atoms with van der Waals surface area (Å²) in [6.07, 6.45) is -1.40. The highest BCUT2D eigenvalue weighted by Gasteiger charge is 2.53. The lowest BCUT2D eigenvalue weighted by Crippen LogP contribution is -2.69. The number of nitrogens with two attached hydrogens (primary N) is 2. The summed E-state index contributed by atoms with van der Waals surface area (Å²) in [4.78, 5) is 31.0. The van der Waals surface area contributed by atoms with Crippen LogP contribution in [0.2, 0.25) is 5.04 Å². The minimum atomic E-state index is -3.17. The molecule has 0 radical (unpaired) electrons. The Hall–Kier alpha value is -3.37. The summed E-state index contributed by atoms with van der Waals surface area (Å²) in [6.45, 7) is 17.1. The van der Waals surface area contributed by atoms with Gasteiger partial charge < -0.3 is 30.7 Å². The van der Waals surface area contributed by atoms with Crippen LogP contribution in [0.15, 0.2) is 65.7 Å². The van der Waals surface area contributed by atoms with Crippen LogP contribution < -0.4 is 27.2 Å². The van der Waals surface area contributed by atoms with Crippen LogP contribution in [0.25, 0.3) is 0 Å². The highest BCUT2D eigenvalue weighted by molar-refractivity contribution is 6.99. The lowest BCUT2D eigenvalue weighted by Gasteiger charge is -2.46. The fraction of sp³-hybridized carbons (Fsp3) is 0.516. The molecule has 0 aliphatic heterocycles. The Morgan fingerprint density at radius 1 is 0.805 bits per heavy atom. The predicted octanol–water partition coefficient (Wildman–Crippen LogP) is 3.83. The van der Waals surface area contributed by atoms with Crippen molar-refractivity contribution in [1.82, 2.24) is 5.32 Å². The van der Waals surface area contributed by atoms with Gasteiger partial charge in [0.05, 0.1) is 6.10 Å². The number of guanidine groups is 1. The van der Waals surface area contributed by atoms with Crippen LogP contribution >= 0.6 is 0 Å². The summed E-state index contributed by atoms with van der Waals surface area (Å²) in [5.74, 6) is -0.723. The van der Waals surface area contributed by atoms with Gasteiger partial charge in [0.15, 0.2) is 12.0 Å². The van der Waals surface area contributed by atoms with Crippen LogP contribution in [0.1, 0.15) is 68.7 Å². The number of esters is 1. The molecule has 9 nitrogen and oxygen atoms in total.